The highest BCUT2D eigenvalue weighted by atomic mass is 35.5. The fourth-order valence-electron chi connectivity index (χ4n) is 2.79. The van der Waals surface area contributed by atoms with Gasteiger partial charge in [0.1, 0.15) is 11.4 Å². The molecule has 32 heavy (non-hydrogen) atoms. The van der Waals surface area contributed by atoms with Crippen LogP contribution in [0.2, 0.25) is 5.02 Å². The van der Waals surface area contributed by atoms with E-state index in [2.05, 4.69) is 31.1 Å². The van der Waals surface area contributed by atoms with Crippen LogP contribution < -0.4 is 14.9 Å². The Kier molecular flexibility index (Phi) is 8.17. The molecule has 2 amide bonds. The molecule has 0 aliphatic rings. The summed E-state index contributed by atoms with van der Waals surface area (Å²) in [5.74, 6) is -0.0459. The van der Waals surface area contributed by atoms with Crippen LogP contribution in [0.5, 0.6) is 5.75 Å². The van der Waals surface area contributed by atoms with Crippen molar-refractivity contribution in [3.8, 4) is 5.75 Å². The van der Waals surface area contributed by atoms with Crippen LogP contribution in [-0.2, 0) is 16.7 Å². The highest BCUT2D eigenvalue weighted by molar-refractivity contribution is 7.09. The van der Waals surface area contributed by atoms with Crippen molar-refractivity contribution in [2.75, 3.05) is 7.11 Å². The SMILES string of the molecule is COc1ccc(Cl)cc1C(=O)/N=c1\sc(C(C)(C)C)cn1CC(C)NC(=O)OC(C)(C)C. The second kappa shape index (κ2) is 10.1. The molecule has 2 aromatic rings. The molecule has 1 aromatic heterocycles. The lowest BCUT2D eigenvalue weighted by Gasteiger charge is -2.22. The number of benzene rings is 1. The molecule has 1 atom stereocenters. The average molecular weight is 482 g/mol. The summed E-state index contributed by atoms with van der Waals surface area (Å²) in [6.45, 7) is 14.0. The van der Waals surface area contributed by atoms with Gasteiger partial charge in [0.05, 0.1) is 12.7 Å². The highest BCUT2D eigenvalue weighted by Crippen LogP contribution is 2.26. The summed E-state index contributed by atoms with van der Waals surface area (Å²) < 4.78 is 12.5. The lowest BCUT2D eigenvalue weighted by atomic mass is 9.95. The molecule has 0 saturated heterocycles. The van der Waals surface area contributed by atoms with Gasteiger partial charge in [-0.3, -0.25) is 4.79 Å². The Hall–Kier alpha value is -2.32. The largest absolute Gasteiger partial charge is 0.496 e. The van der Waals surface area contributed by atoms with Crippen molar-refractivity contribution in [1.82, 2.24) is 9.88 Å². The Bertz CT molecular complexity index is 1040. The molecular formula is C23H32ClN3O4S. The van der Waals surface area contributed by atoms with E-state index in [9.17, 15) is 9.59 Å². The van der Waals surface area contributed by atoms with Gasteiger partial charge in [-0.1, -0.05) is 32.4 Å². The van der Waals surface area contributed by atoms with Crippen molar-refractivity contribution < 1.29 is 19.1 Å². The van der Waals surface area contributed by atoms with Crippen molar-refractivity contribution in [3.05, 3.63) is 44.7 Å². The van der Waals surface area contributed by atoms with Gasteiger partial charge in [-0.2, -0.15) is 4.99 Å². The fraction of sp³-hybridized carbons (Fsp3) is 0.522. The van der Waals surface area contributed by atoms with E-state index in [0.717, 1.165) is 4.88 Å². The van der Waals surface area contributed by atoms with E-state index in [-0.39, 0.29) is 17.0 Å². The van der Waals surface area contributed by atoms with Crippen LogP contribution in [0, 0.1) is 0 Å². The quantitative estimate of drug-likeness (QED) is 0.639. The van der Waals surface area contributed by atoms with Crippen LogP contribution in [0.15, 0.2) is 29.4 Å². The number of nitrogens with zero attached hydrogens (tertiary/aromatic N) is 2. The minimum atomic E-state index is -0.582. The maximum atomic E-state index is 13.0. The van der Waals surface area contributed by atoms with E-state index in [0.29, 0.717) is 22.1 Å². The third-order valence-electron chi connectivity index (χ3n) is 4.28. The predicted molar refractivity (Wildman–Crippen MR) is 128 cm³/mol. The molecule has 0 aliphatic heterocycles. The van der Waals surface area contributed by atoms with E-state index in [4.69, 9.17) is 21.1 Å². The van der Waals surface area contributed by atoms with Gasteiger partial charge in [-0.15, -0.1) is 11.3 Å². The Morgan fingerprint density at radius 2 is 1.88 bits per heavy atom. The number of carbonyl (C=O) groups excluding carboxylic acids is 2. The molecule has 0 bridgehead atoms. The maximum absolute atomic E-state index is 13.0. The van der Waals surface area contributed by atoms with E-state index in [1.807, 2.05) is 38.5 Å². The van der Waals surface area contributed by atoms with Crippen molar-refractivity contribution in [3.63, 3.8) is 0 Å². The summed E-state index contributed by atoms with van der Waals surface area (Å²) in [7, 11) is 1.49. The molecule has 1 aromatic carbocycles. The summed E-state index contributed by atoms with van der Waals surface area (Å²) in [5.41, 5.74) is -0.419. The Morgan fingerprint density at radius 3 is 2.44 bits per heavy atom. The third-order valence-corrected chi connectivity index (χ3v) is 5.96. The molecule has 1 heterocycles. The van der Waals surface area contributed by atoms with Crippen molar-refractivity contribution in [2.24, 2.45) is 4.99 Å². The molecule has 0 fully saturated rings. The normalized spacial score (nSPS) is 13.6. The Labute approximate surface area is 198 Å². The number of halogens is 1. The molecule has 0 saturated carbocycles. The third kappa shape index (κ3) is 7.38. The lowest BCUT2D eigenvalue weighted by molar-refractivity contribution is 0.0503. The van der Waals surface area contributed by atoms with Gasteiger partial charge in [0, 0.05) is 28.7 Å². The predicted octanol–water partition coefficient (Wildman–Crippen LogP) is 5.16. The molecule has 0 aliphatic carbocycles. The monoisotopic (exact) mass is 481 g/mol. The first-order chi connectivity index (χ1) is 14.7. The summed E-state index contributed by atoms with van der Waals surface area (Å²) in [5, 5.41) is 3.25. The van der Waals surface area contributed by atoms with E-state index in [1.165, 1.54) is 18.4 Å². The van der Waals surface area contributed by atoms with Gasteiger partial charge >= 0.3 is 6.09 Å². The number of carbonyl (C=O) groups is 2. The number of rotatable bonds is 5. The molecule has 176 valence electrons. The van der Waals surface area contributed by atoms with Crippen LogP contribution in [0.25, 0.3) is 0 Å². The zero-order valence-corrected chi connectivity index (χ0v) is 21.5. The van der Waals surface area contributed by atoms with Gasteiger partial charge in [0.2, 0.25) is 0 Å². The van der Waals surface area contributed by atoms with E-state index in [1.54, 1.807) is 18.2 Å². The first kappa shape index (κ1) is 25.9. The topological polar surface area (TPSA) is 81.9 Å². The Morgan fingerprint density at radius 1 is 1.22 bits per heavy atom. The lowest BCUT2D eigenvalue weighted by Crippen LogP contribution is -2.40. The van der Waals surface area contributed by atoms with Crippen LogP contribution in [-0.4, -0.2) is 35.3 Å². The smallest absolute Gasteiger partial charge is 0.407 e. The second-order valence-corrected chi connectivity index (χ2v) is 11.0. The minimum absolute atomic E-state index is 0.126. The van der Waals surface area contributed by atoms with E-state index >= 15 is 0 Å². The molecule has 1 unspecified atom stereocenters. The first-order valence-electron chi connectivity index (χ1n) is 10.3. The maximum Gasteiger partial charge on any atom is 0.407 e. The first-order valence-corrected chi connectivity index (χ1v) is 11.5. The van der Waals surface area contributed by atoms with Crippen LogP contribution in [0.4, 0.5) is 4.79 Å². The number of hydrogen-bond acceptors (Lipinski definition) is 5. The molecule has 1 N–H and O–H groups in total. The summed E-state index contributed by atoms with van der Waals surface area (Å²) >= 11 is 7.51. The number of alkyl carbamates (subject to hydrolysis) is 1. The van der Waals surface area contributed by atoms with Gasteiger partial charge < -0.3 is 19.4 Å². The number of aromatic nitrogens is 1. The molecule has 7 nitrogen and oxygen atoms in total. The van der Waals surface area contributed by atoms with Crippen LogP contribution in [0.1, 0.15) is 63.7 Å². The molecule has 0 spiro atoms. The average Bonchev–Trinajstić information content (AvgIpc) is 3.02. The minimum Gasteiger partial charge on any atom is -0.496 e. The van der Waals surface area contributed by atoms with Crippen LogP contribution >= 0.6 is 22.9 Å². The zero-order valence-electron chi connectivity index (χ0n) is 19.9. The van der Waals surface area contributed by atoms with Crippen molar-refractivity contribution in [1.29, 1.82) is 0 Å². The van der Waals surface area contributed by atoms with Gasteiger partial charge in [0.15, 0.2) is 4.80 Å². The molecule has 2 rings (SSSR count). The highest BCUT2D eigenvalue weighted by Gasteiger charge is 2.21. The summed E-state index contributed by atoms with van der Waals surface area (Å²) in [6.07, 6.45) is 1.48. The second-order valence-electron chi connectivity index (χ2n) is 9.59. The molecular weight excluding hydrogens is 450 g/mol. The van der Waals surface area contributed by atoms with Gasteiger partial charge in [0.25, 0.3) is 5.91 Å². The van der Waals surface area contributed by atoms with Crippen LogP contribution in [0.3, 0.4) is 0 Å². The van der Waals surface area contributed by atoms with Gasteiger partial charge in [-0.05, 0) is 51.3 Å². The summed E-state index contributed by atoms with van der Waals surface area (Å²) in [4.78, 5) is 31.1. The number of nitrogens with one attached hydrogen (secondary N) is 1. The number of amides is 2. The zero-order chi connectivity index (χ0) is 24.3. The number of thiazole rings is 1. The van der Waals surface area contributed by atoms with Gasteiger partial charge in [-0.25, -0.2) is 4.79 Å². The van der Waals surface area contributed by atoms with Crippen molar-refractivity contribution in [2.45, 2.75) is 72.1 Å². The molecule has 0 radical (unpaired) electrons. The van der Waals surface area contributed by atoms with E-state index < -0.39 is 17.6 Å². The molecule has 9 heteroatoms. The number of ether oxygens (including phenoxy) is 2. The van der Waals surface area contributed by atoms with Crippen molar-refractivity contribution >= 4 is 34.9 Å². The summed E-state index contributed by atoms with van der Waals surface area (Å²) in [6, 6.07) is 4.59. The number of hydrogen-bond donors (Lipinski definition) is 1. The number of methoxy groups -OCH3 is 1. The fourth-order valence-corrected chi connectivity index (χ4v) is 4.02. The Balaban J connectivity index is 2.39. The standard InChI is InChI=1S/C23H32ClN3O4S/c1-14(25-21(29)31-23(5,6)7)12-27-13-18(22(2,3)4)32-20(27)26-19(28)16-11-15(24)9-10-17(16)30-8/h9-11,13-14H,12H2,1-8H3,(H,25,29)/b26-20-.